The van der Waals surface area contributed by atoms with E-state index in [1.54, 1.807) is 30.7 Å². The molecule has 1 N–H and O–H groups in total. The van der Waals surface area contributed by atoms with Crippen molar-refractivity contribution in [3.05, 3.63) is 65.1 Å². The number of nitrogens with zero attached hydrogens (tertiary/aromatic N) is 5. The van der Waals surface area contributed by atoms with Crippen molar-refractivity contribution in [1.82, 2.24) is 24.7 Å². The van der Waals surface area contributed by atoms with Crippen LogP contribution in [-0.2, 0) is 4.74 Å². The zero-order valence-corrected chi connectivity index (χ0v) is 15.9. The molecular weight excluding hydrogens is 368 g/mol. The minimum absolute atomic E-state index is 0.1000. The molecule has 1 aliphatic heterocycles. The zero-order valence-electron chi connectivity index (χ0n) is 15.9. The molecule has 1 saturated carbocycles. The molecule has 2 atom stereocenters. The molecule has 8 nitrogen and oxygen atoms in total. The molecule has 2 unspecified atom stereocenters. The highest BCUT2D eigenvalue weighted by atomic mass is 16.5. The van der Waals surface area contributed by atoms with E-state index in [4.69, 9.17) is 4.74 Å². The number of ether oxygens (including phenoxy) is 1. The number of aromatic nitrogens is 5. The van der Waals surface area contributed by atoms with E-state index in [1.807, 2.05) is 18.2 Å². The van der Waals surface area contributed by atoms with Crippen LogP contribution in [0.4, 0.5) is 5.82 Å². The van der Waals surface area contributed by atoms with Gasteiger partial charge in [0.15, 0.2) is 0 Å². The quantitative estimate of drug-likeness (QED) is 0.715. The molecule has 1 saturated heterocycles. The summed E-state index contributed by atoms with van der Waals surface area (Å²) in [6.45, 7) is 0.909. The highest BCUT2D eigenvalue weighted by Crippen LogP contribution is 2.34. The molecule has 0 amide bonds. The van der Waals surface area contributed by atoms with E-state index in [-0.39, 0.29) is 17.6 Å². The van der Waals surface area contributed by atoms with Gasteiger partial charge in [-0.3, -0.25) is 9.78 Å². The van der Waals surface area contributed by atoms with Crippen molar-refractivity contribution in [1.29, 1.82) is 0 Å². The molecular formula is C21H22N6O2. The number of rotatable bonds is 5. The molecule has 4 heterocycles. The van der Waals surface area contributed by atoms with Crippen molar-refractivity contribution in [3.8, 4) is 11.3 Å². The van der Waals surface area contributed by atoms with Crippen LogP contribution in [0.2, 0.25) is 0 Å². The van der Waals surface area contributed by atoms with Crippen LogP contribution < -0.4 is 10.9 Å². The van der Waals surface area contributed by atoms with Gasteiger partial charge in [-0.1, -0.05) is 6.42 Å². The Bertz CT molecular complexity index is 1050. The first-order valence-electron chi connectivity index (χ1n) is 9.95. The van der Waals surface area contributed by atoms with Gasteiger partial charge in [-0.25, -0.2) is 14.6 Å². The summed E-state index contributed by atoms with van der Waals surface area (Å²) in [7, 11) is 0. The second kappa shape index (κ2) is 7.71. The largest absolute Gasteiger partial charge is 0.377 e. The summed E-state index contributed by atoms with van der Waals surface area (Å²) >= 11 is 0. The first-order valence-corrected chi connectivity index (χ1v) is 9.95. The van der Waals surface area contributed by atoms with E-state index in [0.29, 0.717) is 19.1 Å². The van der Waals surface area contributed by atoms with Gasteiger partial charge < -0.3 is 10.1 Å². The van der Waals surface area contributed by atoms with Crippen LogP contribution in [0.5, 0.6) is 0 Å². The first kappa shape index (κ1) is 17.9. The molecule has 0 spiro atoms. The standard InChI is InChI=1S/C21H22N6O2/c28-20-5-4-16(14-6-9-22-10-7-14)26-27(20)18-13-29-12-17(18)24-19-8-11-23-21(25-19)15-2-1-3-15/h4-11,15,17-18H,1-3,12-13H2,(H,23,24,25). The fourth-order valence-corrected chi connectivity index (χ4v) is 3.77. The summed E-state index contributed by atoms with van der Waals surface area (Å²) < 4.78 is 7.21. The van der Waals surface area contributed by atoms with Crippen molar-refractivity contribution in [3.63, 3.8) is 0 Å². The van der Waals surface area contributed by atoms with E-state index in [0.717, 1.165) is 35.7 Å². The Balaban J connectivity index is 1.40. The first-order chi connectivity index (χ1) is 14.3. The van der Waals surface area contributed by atoms with Gasteiger partial charge in [0.2, 0.25) is 0 Å². The van der Waals surface area contributed by atoms with Crippen LogP contribution in [0, 0.1) is 0 Å². The summed E-state index contributed by atoms with van der Waals surface area (Å²) in [4.78, 5) is 25.7. The molecule has 0 bridgehead atoms. The van der Waals surface area contributed by atoms with Crippen LogP contribution in [0.3, 0.4) is 0 Å². The molecule has 0 radical (unpaired) electrons. The smallest absolute Gasteiger partial charge is 0.267 e. The van der Waals surface area contributed by atoms with Gasteiger partial charge in [-0.15, -0.1) is 0 Å². The molecule has 148 valence electrons. The topological polar surface area (TPSA) is 94.8 Å². The lowest BCUT2D eigenvalue weighted by Gasteiger charge is -2.25. The zero-order chi connectivity index (χ0) is 19.6. The molecule has 0 aromatic carbocycles. The van der Waals surface area contributed by atoms with Crippen LogP contribution in [-0.4, -0.2) is 44.0 Å². The third kappa shape index (κ3) is 3.63. The SMILES string of the molecule is O=c1ccc(-c2ccncc2)nn1C1COCC1Nc1ccnc(C2CCC2)n1. The highest BCUT2D eigenvalue weighted by molar-refractivity contribution is 5.57. The van der Waals surface area contributed by atoms with Crippen molar-refractivity contribution in [2.75, 3.05) is 18.5 Å². The third-order valence-corrected chi connectivity index (χ3v) is 5.64. The molecule has 2 aliphatic rings. The molecule has 3 aromatic heterocycles. The molecule has 29 heavy (non-hydrogen) atoms. The van der Waals surface area contributed by atoms with Crippen LogP contribution in [0.25, 0.3) is 11.3 Å². The number of nitrogens with one attached hydrogen (secondary N) is 1. The highest BCUT2D eigenvalue weighted by Gasteiger charge is 2.32. The lowest BCUT2D eigenvalue weighted by molar-refractivity contribution is 0.183. The van der Waals surface area contributed by atoms with Gasteiger partial charge in [-0.05, 0) is 37.1 Å². The second-order valence-corrected chi connectivity index (χ2v) is 7.52. The van der Waals surface area contributed by atoms with Crippen molar-refractivity contribution in [2.45, 2.75) is 37.3 Å². The van der Waals surface area contributed by atoms with E-state index in [2.05, 4.69) is 25.4 Å². The Morgan fingerprint density at radius 1 is 1.03 bits per heavy atom. The van der Waals surface area contributed by atoms with E-state index >= 15 is 0 Å². The molecule has 3 aromatic rings. The van der Waals surface area contributed by atoms with Gasteiger partial charge in [0.1, 0.15) is 17.7 Å². The fraction of sp³-hybridized carbons (Fsp3) is 0.381. The maximum absolute atomic E-state index is 12.6. The van der Waals surface area contributed by atoms with Crippen molar-refractivity contribution < 1.29 is 4.74 Å². The van der Waals surface area contributed by atoms with Crippen LogP contribution in [0.1, 0.15) is 37.0 Å². The van der Waals surface area contributed by atoms with Crippen LogP contribution >= 0.6 is 0 Å². The minimum Gasteiger partial charge on any atom is -0.377 e. The van der Waals surface area contributed by atoms with Gasteiger partial charge in [0.25, 0.3) is 5.56 Å². The monoisotopic (exact) mass is 390 g/mol. The van der Waals surface area contributed by atoms with E-state index in [9.17, 15) is 4.79 Å². The van der Waals surface area contributed by atoms with Crippen LogP contribution in [0.15, 0.2) is 53.7 Å². The average Bonchev–Trinajstić information content (AvgIpc) is 3.16. The lowest BCUT2D eigenvalue weighted by Crippen LogP contribution is -2.37. The van der Waals surface area contributed by atoms with Gasteiger partial charge in [-0.2, -0.15) is 5.10 Å². The normalized spacial score (nSPS) is 21.7. The maximum atomic E-state index is 12.6. The predicted molar refractivity (Wildman–Crippen MR) is 108 cm³/mol. The Kier molecular flexibility index (Phi) is 4.77. The predicted octanol–water partition coefficient (Wildman–Crippen LogP) is 2.41. The summed E-state index contributed by atoms with van der Waals surface area (Å²) in [5.74, 6) is 2.13. The Morgan fingerprint density at radius 3 is 2.69 bits per heavy atom. The fourth-order valence-electron chi connectivity index (χ4n) is 3.77. The molecule has 1 aliphatic carbocycles. The minimum atomic E-state index is -0.216. The Morgan fingerprint density at radius 2 is 1.90 bits per heavy atom. The average molecular weight is 390 g/mol. The second-order valence-electron chi connectivity index (χ2n) is 7.52. The van der Waals surface area contributed by atoms with Crippen molar-refractivity contribution in [2.24, 2.45) is 0 Å². The van der Waals surface area contributed by atoms with Gasteiger partial charge >= 0.3 is 0 Å². The third-order valence-electron chi connectivity index (χ3n) is 5.64. The number of anilines is 1. The van der Waals surface area contributed by atoms with E-state index in [1.165, 1.54) is 11.1 Å². The summed E-state index contributed by atoms with van der Waals surface area (Å²) in [5, 5.41) is 8.04. The lowest BCUT2D eigenvalue weighted by atomic mass is 9.85. The summed E-state index contributed by atoms with van der Waals surface area (Å²) in [6, 6.07) is 8.59. The number of hydrogen-bond donors (Lipinski definition) is 1. The molecule has 2 fully saturated rings. The van der Waals surface area contributed by atoms with Gasteiger partial charge in [0.05, 0.1) is 24.9 Å². The maximum Gasteiger partial charge on any atom is 0.267 e. The number of pyridine rings is 1. The number of hydrogen-bond acceptors (Lipinski definition) is 7. The summed E-state index contributed by atoms with van der Waals surface area (Å²) in [6.07, 6.45) is 8.77. The molecule has 8 heteroatoms. The summed E-state index contributed by atoms with van der Waals surface area (Å²) in [5.41, 5.74) is 1.49. The Labute approximate surface area is 168 Å². The van der Waals surface area contributed by atoms with Crippen molar-refractivity contribution >= 4 is 5.82 Å². The van der Waals surface area contributed by atoms with E-state index < -0.39 is 0 Å². The van der Waals surface area contributed by atoms with Gasteiger partial charge in [0, 0.05) is 36.1 Å². The molecule has 5 rings (SSSR count). The Hall–Kier alpha value is -3.13.